The van der Waals surface area contributed by atoms with Crippen molar-refractivity contribution in [3.63, 3.8) is 0 Å². The first-order valence-corrected chi connectivity index (χ1v) is 10.1. The van der Waals surface area contributed by atoms with Gasteiger partial charge in [0.2, 0.25) is 5.91 Å². The highest BCUT2D eigenvalue weighted by atomic mass is 16.5. The fourth-order valence-corrected chi connectivity index (χ4v) is 4.52. The molecule has 0 saturated carbocycles. The molecular weight excluding hydrogens is 362 g/mol. The normalized spacial score (nSPS) is 22.8. The molecule has 0 spiro atoms. The van der Waals surface area contributed by atoms with Crippen LogP contribution in [0.2, 0.25) is 0 Å². The lowest BCUT2D eigenvalue weighted by atomic mass is 9.97. The van der Waals surface area contributed by atoms with E-state index in [9.17, 15) is 9.59 Å². The zero-order chi connectivity index (χ0) is 19.3. The summed E-state index contributed by atoms with van der Waals surface area (Å²) in [6.45, 7) is 3.04. The molecule has 1 atom stereocenters. The summed E-state index contributed by atoms with van der Waals surface area (Å²) in [4.78, 5) is 31.9. The Balaban J connectivity index is 1.29. The molecule has 0 aromatic carbocycles. The number of rotatable bonds is 2. The molecule has 2 aromatic rings. The molecule has 1 unspecified atom stereocenters. The van der Waals surface area contributed by atoms with E-state index < -0.39 is 0 Å². The monoisotopic (exact) mass is 387 g/mol. The molecule has 1 saturated heterocycles. The smallest absolute Gasteiger partial charge is 0.345 e. The first-order chi connectivity index (χ1) is 13.6. The van der Waals surface area contributed by atoms with E-state index in [0.717, 1.165) is 55.6 Å². The third-order valence-corrected chi connectivity index (χ3v) is 6.18. The van der Waals surface area contributed by atoms with Crippen molar-refractivity contribution in [1.29, 1.82) is 0 Å². The van der Waals surface area contributed by atoms with E-state index >= 15 is 0 Å². The van der Waals surface area contributed by atoms with Crippen LogP contribution < -0.4 is 5.69 Å². The third kappa shape index (κ3) is 2.97. The molecule has 9 nitrogen and oxygen atoms in total. The van der Waals surface area contributed by atoms with Gasteiger partial charge in [0.25, 0.3) is 0 Å². The number of nitrogens with zero attached hydrogens (tertiary/aromatic N) is 5. The Bertz CT molecular complexity index is 952. The highest BCUT2D eigenvalue weighted by Crippen LogP contribution is 2.31. The highest BCUT2D eigenvalue weighted by molar-refractivity contribution is 5.79. The fraction of sp³-hybridized carbons (Fsp3) is 0.684. The number of oxazole rings is 1. The molecule has 1 amide bonds. The molecule has 0 aliphatic carbocycles. The van der Waals surface area contributed by atoms with Gasteiger partial charge in [-0.2, -0.15) is 5.10 Å². The van der Waals surface area contributed by atoms with E-state index in [4.69, 9.17) is 14.1 Å². The third-order valence-electron chi connectivity index (χ3n) is 6.18. The zero-order valence-electron chi connectivity index (χ0n) is 16.1. The van der Waals surface area contributed by atoms with Gasteiger partial charge in [-0.05, 0) is 19.3 Å². The molecule has 150 valence electrons. The van der Waals surface area contributed by atoms with Gasteiger partial charge in [0.1, 0.15) is 17.3 Å². The number of carbonyl (C=O) groups is 1. The van der Waals surface area contributed by atoms with E-state index in [1.165, 1.54) is 4.68 Å². The summed E-state index contributed by atoms with van der Waals surface area (Å²) in [5, 5.41) is 4.24. The van der Waals surface area contributed by atoms with Crippen LogP contribution in [-0.4, -0.2) is 49.9 Å². The average molecular weight is 387 g/mol. The van der Waals surface area contributed by atoms with Crippen molar-refractivity contribution in [2.75, 3.05) is 19.8 Å². The first kappa shape index (κ1) is 17.7. The quantitative estimate of drug-likeness (QED) is 0.749. The molecule has 0 radical (unpaired) electrons. The van der Waals surface area contributed by atoms with E-state index in [0.29, 0.717) is 38.4 Å². The van der Waals surface area contributed by atoms with E-state index in [-0.39, 0.29) is 17.5 Å². The van der Waals surface area contributed by atoms with Crippen LogP contribution in [0.15, 0.2) is 9.21 Å². The lowest BCUT2D eigenvalue weighted by Gasteiger charge is -2.31. The maximum atomic E-state index is 13.1. The number of ether oxygens (including phenoxy) is 1. The summed E-state index contributed by atoms with van der Waals surface area (Å²) in [6, 6.07) is 0. The molecule has 3 aliphatic heterocycles. The van der Waals surface area contributed by atoms with E-state index in [1.807, 2.05) is 4.90 Å². The Labute approximate surface area is 162 Å². The largest absolute Gasteiger partial charge is 0.445 e. The molecule has 2 aromatic heterocycles. The van der Waals surface area contributed by atoms with Crippen molar-refractivity contribution in [3.8, 4) is 0 Å². The molecule has 0 N–H and O–H groups in total. The van der Waals surface area contributed by atoms with Crippen LogP contribution in [-0.2, 0) is 42.5 Å². The molecule has 28 heavy (non-hydrogen) atoms. The predicted octanol–water partition coefficient (Wildman–Crippen LogP) is 0.611. The molecule has 5 rings (SSSR count). The van der Waals surface area contributed by atoms with Gasteiger partial charge in [0.05, 0.1) is 12.5 Å². The van der Waals surface area contributed by atoms with Crippen LogP contribution >= 0.6 is 0 Å². The number of aromatic nitrogens is 4. The van der Waals surface area contributed by atoms with Crippen molar-refractivity contribution >= 4 is 5.91 Å². The second kappa shape index (κ2) is 6.88. The molecule has 1 fully saturated rings. The number of aryl methyl sites for hydroxylation is 2. The Kier molecular flexibility index (Phi) is 4.34. The Morgan fingerprint density at radius 1 is 1.18 bits per heavy atom. The lowest BCUT2D eigenvalue weighted by molar-refractivity contribution is -0.137. The van der Waals surface area contributed by atoms with Gasteiger partial charge in [-0.3, -0.25) is 9.36 Å². The van der Waals surface area contributed by atoms with Gasteiger partial charge >= 0.3 is 5.69 Å². The van der Waals surface area contributed by atoms with Crippen LogP contribution in [0.4, 0.5) is 0 Å². The summed E-state index contributed by atoms with van der Waals surface area (Å²) in [5.41, 5.74) is 0.738. The van der Waals surface area contributed by atoms with Crippen molar-refractivity contribution in [1.82, 2.24) is 24.2 Å². The average Bonchev–Trinajstić information content (AvgIpc) is 3.28. The maximum absolute atomic E-state index is 13.1. The van der Waals surface area contributed by atoms with Crippen LogP contribution in [0.1, 0.15) is 48.3 Å². The SMILES string of the molecule is Cn1nc2n(c1=O)CC(C(=O)N1CCc3oc(C4CCOCC4)nc3C1)CC2. The van der Waals surface area contributed by atoms with Gasteiger partial charge in [-0.15, -0.1) is 0 Å². The van der Waals surface area contributed by atoms with Gasteiger partial charge in [0.15, 0.2) is 5.89 Å². The molecule has 0 bridgehead atoms. The van der Waals surface area contributed by atoms with Crippen LogP contribution in [0, 0.1) is 5.92 Å². The predicted molar refractivity (Wildman–Crippen MR) is 97.7 cm³/mol. The van der Waals surface area contributed by atoms with Gasteiger partial charge in [0, 0.05) is 52.1 Å². The van der Waals surface area contributed by atoms with Crippen molar-refractivity contribution in [2.45, 2.75) is 51.1 Å². The summed E-state index contributed by atoms with van der Waals surface area (Å²) in [7, 11) is 1.65. The summed E-state index contributed by atoms with van der Waals surface area (Å²) < 4.78 is 14.4. The van der Waals surface area contributed by atoms with Gasteiger partial charge in [-0.25, -0.2) is 14.5 Å². The van der Waals surface area contributed by atoms with Crippen LogP contribution in [0.3, 0.4) is 0 Å². The van der Waals surface area contributed by atoms with Crippen molar-refractivity contribution in [3.05, 3.63) is 33.7 Å². The standard InChI is InChI=1S/C19H25N5O4/c1-22-19(26)24-10-13(2-3-16(24)21-22)18(25)23-7-4-15-14(11-23)20-17(28-15)12-5-8-27-9-6-12/h12-13H,2-11H2,1H3. The minimum absolute atomic E-state index is 0.0997. The molecule has 5 heterocycles. The Hall–Kier alpha value is -2.42. The first-order valence-electron chi connectivity index (χ1n) is 10.1. The van der Waals surface area contributed by atoms with Gasteiger partial charge < -0.3 is 14.1 Å². The summed E-state index contributed by atoms with van der Waals surface area (Å²) >= 11 is 0. The maximum Gasteiger partial charge on any atom is 0.345 e. The second-order valence-corrected chi connectivity index (χ2v) is 7.99. The zero-order valence-corrected chi connectivity index (χ0v) is 16.1. The lowest BCUT2D eigenvalue weighted by Crippen LogP contribution is -2.43. The number of hydrogen-bond donors (Lipinski definition) is 0. The minimum atomic E-state index is -0.183. The topological polar surface area (TPSA) is 95.4 Å². The van der Waals surface area contributed by atoms with Crippen LogP contribution in [0.5, 0.6) is 0 Å². The molecular formula is C19H25N5O4. The fourth-order valence-electron chi connectivity index (χ4n) is 4.52. The van der Waals surface area contributed by atoms with Gasteiger partial charge in [-0.1, -0.05) is 0 Å². The van der Waals surface area contributed by atoms with Crippen LogP contribution in [0.25, 0.3) is 0 Å². The Morgan fingerprint density at radius 3 is 2.82 bits per heavy atom. The number of carbonyl (C=O) groups excluding carboxylic acids is 1. The van der Waals surface area contributed by atoms with Crippen molar-refractivity contribution < 1.29 is 13.9 Å². The highest BCUT2D eigenvalue weighted by Gasteiger charge is 2.34. The van der Waals surface area contributed by atoms with Crippen molar-refractivity contribution in [2.24, 2.45) is 13.0 Å². The van der Waals surface area contributed by atoms with E-state index in [1.54, 1.807) is 11.6 Å². The molecule has 9 heteroatoms. The number of fused-ring (bicyclic) bond motifs is 2. The number of hydrogen-bond acceptors (Lipinski definition) is 6. The summed E-state index contributed by atoms with van der Waals surface area (Å²) in [5.74, 6) is 2.72. The Morgan fingerprint density at radius 2 is 2.00 bits per heavy atom. The summed E-state index contributed by atoms with van der Waals surface area (Å²) in [6.07, 6.45) is 3.95. The molecule has 3 aliphatic rings. The minimum Gasteiger partial charge on any atom is -0.445 e. The number of amides is 1. The van der Waals surface area contributed by atoms with E-state index in [2.05, 4.69) is 5.10 Å². The second-order valence-electron chi connectivity index (χ2n) is 7.99.